The molecule has 1 N–H and O–H groups in total. The first kappa shape index (κ1) is 19.6. The summed E-state index contributed by atoms with van der Waals surface area (Å²) in [5.74, 6) is 0.304. The molecule has 0 radical (unpaired) electrons. The van der Waals surface area contributed by atoms with E-state index in [0.717, 1.165) is 15.6 Å². The number of hydrogen-bond acceptors (Lipinski definition) is 7. The van der Waals surface area contributed by atoms with Gasteiger partial charge < -0.3 is 5.32 Å². The van der Waals surface area contributed by atoms with Gasteiger partial charge in [0.15, 0.2) is 11.0 Å². The van der Waals surface area contributed by atoms with E-state index in [1.807, 2.05) is 30.5 Å². The van der Waals surface area contributed by atoms with Crippen molar-refractivity contribution in [1.29, 1.82) is 0 Å². The van der Waals surface area contributed by atoms with Crippen molar-refractivity contribution in [2.24, 2.45) is 4.99 Å². The Morgan fingerprint density at radius 2 is 2.13 bits per heavy atom. The Labute approximate surface area is 154 Å². The molecule has 0 saturated carbocycles. The monoisotopic (exact) mass is 388 g/mol. The quantitative estimate of drug-likeness (QED) is 0.856. The lowest BCUT2D eigenvalue weighted by Crippen LogP contribution is -2.25. The average Bonchev–Trinajstić information content (AvgIpc) is 2.88. The standard InChI is InChI=1S/C14H12N4OS2.2ClH/c1-9-8-20-14(17-9)18-13-11(19)6-10(7-16-13)21-12-4-2-3-5-15-12;;/h2-5,7-8H,6H2,1H3,(H,16,17,18);2*1H. The van der Waals surface area contributed by atoms with Gasteiger partial charge in [-0.15, -0.1) is 36.2 Å². The van der Waals surface area contributed by atoms with Gasteiger partial charge in [-0.3, -0.25) is 4.79 Å². The number of carbonyl (C=O) groups is 1. The van der Waals surface area contributed by atoms with Crippen molar-refractivity contribution in [2.45, 2.75) is 18.4 Å². The third-order valence-electron chi connectivity index (χ3n) is 2.65. The van der Waals surface area contributed by atoms with Crippen LogP contribution >= 0.6 is 47.9 Å². The van der Waals surface area contributed by atoms with E-state index < -0.39 is 0 Å². The van der Waals surface area contributed by atoms with Crippen LogP contribution in [0.5, 0.6) is 0 Å². The number of amidine groups is 1. The molecule has 0 aliphatic carbocycles. The molecule has 2 aromatic heterocycles. The predicted molar refractivity (Wildman–Crippen MR) is 100 cm³/mol. The first-order valence-electron chi connectivity index (χ1n) is 6.29. The molecular weight excluding hydrogens is 375 g/mol. The van der Waals surface area contributed by atoms with Gasteiger partial charge in [-0.05, 0) is 19.1 Å². The summed E-state index contributed by atoms with van der Waals surface area (Å²) in [6, 6.07) is 5.69. The number of aromatic nitrogens is 2. The van der Waals surface area contributed by atoms with E-state index >= 15 is 0 Å². The molecule has 0 fully saturated rings. The molecule has 9 heteroatoms. The molecule has 0 unspecified atom stereocenters. The SMILES string of the molecule is Cc1csc(NC2=NC=C(Sc3ccccn3)CC2=O)n1.Cl.Cl. The van der Waals surface area contributed by atoms with Crippen LogP contribution in [-0.4, -0.2) is 21.6 Å². The normalized spacial score (nSPS) is 13.3. The molecular formula is C14H14Cl2N4OS2. The molecule has 1 aliphatic heterocycles. The number of rotatable bonds is 3. The maximum atomic E-state index is 12.1. The number of nitrogens with one attached hydrogen (secondary N) is 1. The van der Waals surface area contributed by atoms with Gasteiger partial charge in [0.2, 0.25) is 5.78 Å². The van der Waals surface area contributed by atoms with Gasteiger partial charge in [-0.2, -0.15) is 0 Å². The molecule has 0 atom stereocenters. The van der Waals surface area contributed by atoms with Crippen LogP contribution in [0, 0.1) is 6.92 Å². The van der Waals surface area contributed by atoms with E-state index in [4.69, 9.17) is 0 Å². The summed E-state index contributed by atoms with van der Waals surface area (Å²) in [7, 11) is 0. The van der Waals surface area contributed by atoms with Crippen molar-refractivity contribution in [3.05, 3.63) is 46.6 Å². The van der Waals surface area contributed by atoms with E-state index in [2.05, 4.69) is 20.3 Å². The fourth-order valence-corrected chi connectivity index (χ4v) is 3.24. The molecule has 0 bridgehead atoms. The number of ketones is 1. The minimum absolute atomic E-state index is 0. The number of pyridine rings is 1. The summed E-state index contributed by atoms with van der Waals surface area (Å²) >= 11 is 2.92. The molecule has 0 spiro atoms. The number of thioether (sulfide) groups is 1. The van der Waals surface area contributed by atoms with Crippen molar-refractivity contribution in [1.82, 2.24) is 9.97 Å². The van der Waals surface area contributed by atoms with Crippen LogP contribution in [0.1, 0.15) is 12.1 Å². The van der Waals surface area contributed by atoms with E-state index in [9.17, 15) is 4.79 Å². The number of aliphatic imine (C=N–C) groups is 1. The van der Waals surface area contributed by atoms with Crippen LogP contribution in [0.3, 0.4) is 0 Å². The highest BCUT2D eigenvalue weighted by atomic mass is 35.5. The number of anilines is 1. The number of Topliss-reactive ketones (excluding diaryl/α,β-unsaturated/α-hetero) is 1. The molecule has 0 aromatic carbocycles. The molecule has 23 heavy (non-hydrogen) atoms. The van der Waals surface area contributed by atoms with Crippen molar-refractivity contribution < 1.29 is 4.79 Å². The van der Waals surface area contributed by atoms with E-state index in [-0.39, 0.29) is 30.6 Å². The molecule has 2 aromatic rings. The van der Waals surface area contributed by atoms with Crippen LogP contribution < -0.4 is 5.32 Å². The largest absolute Gasteiger partial charge is 0.313 e. The van der Waals surface area contributed by atoms with Crippen LogP contribution in [0.15, 0.2) is 50.9 Å². The molecule has 5 nitrogen and oxygen atoms in total. The summed E-state index contributed by atoms with van der Waals surface area (Å²) in [5.41, 5.74) is 0.924. The lowest BCUT2D eigenvalue weighted by molar-refractivity contribution is -0.112. The fraction of sp³-hybridized carbons (Fsp3) is 0.143. The molecule has 0 amide bonds. The Kier molecular flexibility index (Phi) is 7.70. The second-order valence-corrected chi connectivity index (χ2v) is 6.37. The molecule has 0 saturated heterocycles. The number of nitrogens with zero attached hydrogens (tertiary/aromatic N) is 3. The van der Waals surface area contributed by atoms with Crippen molar-refractivity contribution in [3.63, 3.8) is 0 Å². The number of allylic oxidation sites excluding steroid dienone is 1. The highest BCUT2D eigenvalue weighted by Gasteiger charge is 2.19. The predicted octanol–water partition coefficient (Wildman–Crippen LogP) is 4.11. The maximum absolute atomic E-state index is 12.1. The zero-order valence-electron chi connectivity index (χ0n) is 12.1. The minimum Gasteiger partial charge on any atom is -0.313 e. The van der Waals surface area contributed by atoms with E-state index in [1.165, 1.54) is 23.1 Å². The number of thiazole rings is 1. The first-order valence-corrected chi connectivity index (χ1v) is 7.98. The van der Waals surface area contributed by atoms with E-state index in [1.54, 1.807) is 12.4 Å². The second kappa shape index (κ2) is 9.02. The fourth-order valence-electron chi connectivity index (χ4n) is 1.72. The van der Waals surface area contributed by atoms with Crippen LogP contribution in [0.2, 0.25) is 0 Å². The van der Waals surface area contributed by atoms with Gasteiger partial charge in [0, 0.05) is 29.1 Å². The Hall–Kier alpha value is -1.41. The maximum Gasteiger partial charge on any atom is 0.203 e. The topological polar surface area (TPSA) is 67.2 Å². The summed E-state index contributed by atoms with van der Waals surface area (Å²) in [5, 5.41) is 6.45. The van der Waals surface area contributed by atoms with Gasteiger partial charge in [0.1, 0.15) is 5.03 Å². The van der Waals surface area contributed by atoms with Gasteiger partial charge in [0.25, 0.3) is 0 Å². The number of halogens is 2. The van der Waals surface area contributed by atoms with Crippen molar-refractivity contribution in [2.75, 3.05) is 5.32 Å². The second-order valence-electron chi connectivity index (χ2n) is 4.36. The Bertz CT molecular complexity index is 731. The third-order valence-corrected chi connectivity index (χ3v) is 4.49. The van der Waals surface area contributed by atoms with Crippen molar-refractivity contribution in [3.8, 4) is 0 Å². The zero-order valence-corrected chi connectivity index (χ0v) is 15.3. The third kappa shape index (κ3) is 5.31. The summed E-state index contributed by atoms with van der Waals surface area (Å²) < 4.78 is 0. The van der Waals surface area contributed by atoms with Gasteiger partial charge in [-0.1, -0.05) is 17.8 Å². The first-order chi connectivity index (χ1) is 10.2. The summed E-state index contributed by atoms with van der Waals surface area (Å²) in [4.78, 5) is 25.7. The average molecular weight is 389 g/mol. The van der Waals surface area contributed by atoms with Crippen LogP contribution in [0.4, 0.5) is 5.13 Å². The van der Waals surface area contributed by atoms with Gasteiger partial charge >= 0.3 is 0 Å². The van der Waals surface area contributed by atoms with Crippen LogP contribution in [0.25, 0.3) is 0 Å². The highest BCUT2D eigenvalue weighted by molar-refractivity contribution is 8.03. The molecule has 122 valence electrons. The van der Waals surface area contributed by atoms with Gasteiger partial charge in [0.05, 0.1) is 5.69 Å². The summed E-state index contributed by atoms with van der Waals surface area (Å²) in [6.45, 7) is 1.91. The van der Waals surface area contributed by atoms with Gasteiger partial charge in [-0.25, -0.2) is 15.0 Å². The Morgan fingerprint density at radius 3 is 2.74 bits per heavy atom. The highest BCUT2D eigenvalue weighted by Crippen LogP contribution is 2.29. The van der Waals surface area contributed by atoms with E-state index in [0.29, 0.717) is 17.4 Å². The lowest BCUT2D eigenvalue weighted by atomic mass is 10.2. The lowest BCUT2D eigenvalue weighted by Gasteiger charge is -2.12. The number of hydrogen-bond donors (Lipinski definition) is 1. The molecule has 3 rings (SSSR count). The number of aryl methyl sites for hydroxylation is 1. The number of carbonyl (C=O) groups excluding carboxylic acids is 1. The molecule has 3 heterocycles. The van der Waals surface area contributed by atoms with Crippen molar-refractivity contribution >= 4 is 64.7 Å². The Balaban J connectivity index is 0.00000132. The van der Waals surface area contributed by atoms with Crippen LogP contribution in [-0.2, 0) is 4.79 Å². The smallest absolute Gasteiger partial charge is 0.203 e. The minimum atomic E-state index is -0.0382. The summed E-state index contributed by atoms with van der Waals surface area (Å²) in [6.07, 6.45) is 3.77. The Morgan fingerprint density at radius 1 is 1.30 bits per heavy atom. The molecule has 1 aliphatic rings. The zero-order chi connectivity index (χ0) is 14.7.